The fourth-order valence-electron chi connectivity index (χ4n) is 3.82. The Balaban J connectivity index is 2.13. The van der Waals surface area contributed by atoms with Gasteiger partial charge in [-0.2, -0.15) is 0 Å². The van der Waals surface area contributed by atoms with Crippen molar-refractivity contribution in [2.24, 2.45) is 0 Å². The smallest absolute Gasteiger partial charge is 0.123 e. The van der Waals surface area contributed by atoms with Gasteiger partial charge in [0.05, 0.1) is 0 Å². The summed E-state index contributed by atoms with van der Waals surface area (Å²) < 4.78 is 13.9. The van der Waals surface area contributed by atoms with Crippen LogP contribution >= 0.6 is 0 Å². The van der Waals surface area contributed by atoms with Gasteiger partial charge < -0.3 is 0 Å². The Hall–Kier alpha value is -2.41. The molecule has 0 N–H and O–H groups in total. The molecule has 0 aromatic heterocycles. The van der Waals surface area contributed by atoms with Crippen molar-refractivity contribution in [3.05, 3.63) is 94.8 Å². The van der Waals surface area contributed by atoms with Crippen molar-refractivity contribution >= 4 is 0 Å². The minimum Gasteiger partial charge on any atom is -0.207 e. The molecule has 0 fully saturated rings. The molecule has 1 heteroatoms. The van der Waals surface area contributed by atoms with E-state index >= 15 is 0 Å². The van der Waals surface area contributed by atoms with Crippen molar-refractivity contribution in [2.75, 3.05) is 0 Å². The summed E-state index contributed by atoms with van der Waals surface area (Å²) in [7, 11) is 0. The Kier molecular flexibility index (Phi) is 2.74. The normalized spacial score (nSPS) is 18.9. The molecule has 0 bridgehead atoms. The van der Waals surface area contributed by atoms with Gasteiger partial charge in [-0.1, -0.05) is 54.6 Å². The van der Waals surface area contributed by atoms with Gasteiger partial charge in [0, 0.05) is 5.41 Å². The average Bonchev–Trinajstić information content (AvgIpc) is 2.80. The highest BCUT2D eigenvalue weighted by atomic mass is 19.1. The molecular formula is C21H17F. The summed E-state index contributed by atoms with van der Waals surface area (Å²) in [5.74, 6) is -0.175. The third-order valence-electron chi connectivity index (χ3n) is 4.95. The molecule has 1 aliphatic carbocycles. The monoisotopic (exact) mass is 288 g/mol. The number of hydrogen-bond acceptors (Lipinski definition) is 0. The third-order valence-corrected chi connectivity index (χ3v) is 4.95. The lowest BCUT2D eigenvalue weighted by Crippen LogP contribution is -2.22. The van der Waals surface area contributed by atoms with Gasteiger partial charge in [0.2, 0.25) is 0 Å². The fraction of sp³-hybridized carbons (Fsp3) is 0.143. The molecule has 1 atom stereocenters. The van der Waals surface area contributed by atoms with E-state index in [0.717, 1.165) is 11.1 Å². The molecule has 0 radical (unpaired) electrons. The summed E-state index contributed by atoms with van der Waals surface area (Å²) in [4.78, 5) is 0. The van der Waals surface area contributed by atoms with E-state index in [0.29, 0.717) is 0 Å². The third kappa shape index (κ3) is 1.62. The minimum atomic E-state index is -0.306. The van der Waals surface area contributed by atoms with Crippen LogP contribution in [-0.4, -0.2) is 0 Å². The molecule has 0 heterocycles. The van der Waals surface area contributed by atoms with Gasteiger partial charge in [-0.25, -0.2) is 4.39 Å². The largest absolute Gasteiger partial charge is 0.207 e. The van der Waals surface area contributed by atoms with E-state index in [4.69, 9.17) is 0 Å². The summed E-state index contributed by atoms with van der Waals surface area (Å²) in [6.07, 6.45) is 0. The zero-order valence-corrected chi connectivity index (χ0v) is 12.7. The highest BCUT2D eigenvalue weighted by Crippen LogP contribution is 2.53. The predicted octanol–water partition coefficient (Wildman–Crippen LogP) is 5.47. The zero-order valence-electron chi connectivity index (χ0n) is 12.7. The Morgan fingerprint density at radius 1 is 0.818 bits per heavy atom. The molecule has 108 valence electrons. The first kappa shape index (κ1) is 13.3. The quantitative estimate of drug-likeness (QED) is 0.557. The highest BCUT2D eigenvalue weighted by Gasteiger charge is 2.41. The number of benzene rings is 3. The van der Waals surface area contributed by atoms with Crippen molar-refractivity contribution in [3.8, 4) is 11.1 Å². The van der Waals surface area contributed by atoms with Gasteiger partial charge in [0.25, 0.3) is 0 Å². The Labute approximate surface area is 130 Å². The number of halogens is 1. The van der Waals surface area contributed by atoms with Crippen molar-refractivity contribution in [3.63, 3.8) is 0 Å². The van der Waals surface area contributed by atoms with E-state index < -0.39 is 0 Å². The summed E-state index contributed by atoms with van der Waals surface area (Å²) in [6.45, 7) is 4.33. The van der Waals surface area contributed by atoms with Crippen molar-refractivity contribution in [1.82, 2.24) is 0 Å². The maximum atomic E-state index is 13.9. The minimum absolute atomic E-state index is 0.175. The van der Waals surface area contributed by atoms with Crippen LogP contribution in [0.4, 0.5) is 4.39 Å². The molecule has 3 aromatic rings. The second-order valence-corrected chi connectivity index (χ2v) is 6.18. The van der Waals surface area contributed by atoms with E-state index in [9.17, 15) is 4.39 Å². The van der Waals surface area contributed by atoms with E-state index in [1.165, 1.54) is 22.3 Å². The van der Waals surface area contributed by atoms with Crippen LogP contribution in [0.3, 0.4) is 0 Å². The predicted molar refractivity (Wildman–Crippen MR) is 88.6 cm³/mol. The molecule has 4 rings (SSSR count). The van der Waals surface area contributed by atoms with Gasteiger partial charge >= 0.3 is 0 Å². The van der Waals surface area contributed by atoms with Crippen molar-refractivity contribution in [1.29, 1.82) is 0 Å². The van der Waals surface area contributed by atoms with E-state index in [1.807, 2.05) is 24.3 Å². The molecule has 0 saturated carbocycles. The summed E-state index contributed by atoms with van der Waals surface area (Å²) in [6, 6.07) is 22.0. The molecule has 22 heavy (non-hydrogen) atoms. The lowest BCUT2D eigenvalue weighted by molar-refractivity contribution is 0.618. The second kappa shape index (κ2) is 4.54. The van der Waals surface area contributed by atoms with Crippen LogP contribution in [-0.2, 0) is 5.41 Å². The zero-order chi connectivity index (χ0) is 15.3. The molecule has 3 aromatic carbocycles. The van der Waals surface area contributed by atoms with E-state index in [1.54, 1.807) is 12.1 Å². The van der Waals surface area contributed by atoms with Crippen LogP contribution in [0, 0.1) is 12.7 Å². The number of rotatable bonds is 1. The fourth-order valence-corrected chi connectivity index (χ4v) is 3.82. The van der Waals surface area contributed by atoms with E-state index in [2.05, 4.69) is 44.2 Å². The maximum absolute atomic E-state index is 13.9. The topological polar surface area (TPSA) is 0 Å². The lowest BCUT2D eigenvalue weighted by atomic mass is 9.74. The molecule has 0 saturated heterocycles. The van der Waals surface area contributed by atoms with E-state index in [-0.39, 0.29) is 11.2 Å². The first-order chi connectivity index (χ1) is 10.6. The van der Waals surface area contributed by atoms with Crippen LogP contribution in [0.25, 0.3) is 11.1 Å². The molecule has 1 aliphatic rings. The van der Waals surface area contributed by atoms with Gasteiger partial charge in [-0.15, -0.1) is 0 Å². The number of aryl methyl sites for hydroxylation is 1. The Morgan fingerprint density at radius 2 is 1.59 bits per heavy atom. The SMILES string of the molecule is Cc1cccc2c1-c1ccc(F)cc1C2(C)c1ccccc1. The summed E-state index contributed by atoms with van der Waals surface area (Å²) in [5, 5.41) is 0. The number of fused-ring (bicyclic) bond motifs is 3. The summed E-state index contributed by atoms with van der Waals surface area (Å²) in [5.41, 5.74) is 6.86. The number of hydrogen-bond donors (Lipinski definition) is 0. The lowest BCUT2D eigenvalue weighted by Gasteiger charge is -2.28. The molecule has 0 nitrogen and oxygen atoms in total. The van der Waals surface area contributed by atoms with Crippen molar-refractivity contribution < 1.29 is 4.39 Å². The molecule has 0 amide bonds. The van der Waals surface area contributed by atoms with Gasteiger partial charge in [0.15, 0.2) is 0 Å². The van der Waals surface area contributed by atoms with Gasteiger partial charge in [-0.05, 0) is 59.4 Å². The van der Waals surface area contributed by atoms with Crippen LogP contribution in [0.15, 0.2) is 66.7 Å². The first-order valence-electron chi connectivity index (χ1n) is 7.58. The van der Waals surface area contributed by atoms with Gasteiger partial charge in [0.1, 0.15) is 5.82 Å². The van der Waals surface area contributed by atoms with Crippen LogP contribution in [0.1, 0.15) is 29.2 Å². The second-order valence-electron chi connectivity index (χ2n) is 6.18. The van der Waals surface area contributed by atoms with Gasteiger partial charge in [-0.3, -0.25) is 0 Å². The van der Waals surface area contributed by atoms with Crippen LogP contribution in [0.5, 0.6) is 0 Å². The highest BCUT2D eigenvalue weighted by molar-refractivity contribution is 5.85. The van der Waals surface area contributed by atoms with Crippen LogP contribution < -0.4 is 0 Å². The Bertz CT molecular complexity index is 864. The maximum Gasteiger partial charge on any atom is 0.123 e. The molecule has 0 aliphatic heterocycles. The van der Waals surface area contributed by atoms with Crippen LogP contribution in [0.2, 0.25) is 0 Å². The van der Waals surface area contributed by atoms with Crippen molar-refractivity contribution in [2.45, 2.75) is 19.3 Å². The first-order valence-corrected chi connectivity index (χ1v) is 7.58. The average molecular weight is 288 g/mol. The molecule has 0 spiro atoms. The Morgan fingerprint density at radius 3 is 2.36 bits per heavy atom. The molecule has 1 unspecified atom stereocenters. The summed E-state index contributed by atoms with van der Waals surface area (Å²) >= 11 is 0. The standard InChI is InChI=1S/C21H17F/c1-14-7-6-10-18-20(14)17-12-11-16(22)13-19(17)21(18,2)15-8-4-3-5-9-15/h3-13H,1-2H3. The molecular weight excluding hydrogens is 271 g/mol.